The minimum Gasteiger partial charge on any atom is -0.485 e. The molecule has 1 amide bonds. The van der Waals surface area contributed by atoms with Crippen LogP contribution < -0.4 is 4.74 Å². The summed E-state index contributed by atoms with van der Waals surface area (Å²) in [5.41, 5.74) is 0.621. The molecule has 0 fully saturated rings. The fourth-order valence-electron chi connectivity index (χ4n) is 2.49. The Morgan fingerprint density at radius 1 is 1.23 bits per heavy atom. The number of aromatic nitrogens is 2. The molecule has 26 heavy (non-hydrogen) atoms. The SMILES string of the molecule is Cc1nc(COc2ccc(C(=O)N(C)[C@@H](C)c3ccc(C)s3)cc2)no1. The number of benzene rings is 1. The summed E-state index contributed by atoms with van der Waals surface area (Å²) < 4.78 is 10.5. The van der Waals surface area contributed by atoms with Crippen molar-refractivity contribution < 1.29 is 14.1 Å². The monoisotopic (exact) mass is 371 g/mol. The Labute approximate surface area is 156 Å². The Kier molecular flexibility index (Phi) is 5.37. The minimum absolute atomic E-state index is 0.0242. The number of carbonyl (C=O) groups excluding carboxylic acids is 1. The van der Waals surface area contributed by atoms with Gasteiger partial charge in [-0.1, -0.05) is 5.16 Å². The highest BCUT2D eigenvalue weighted by Gasteiger charge is 2.20. The molecule has 7 heteroatoms. The summed E-state index contributed by atoms with van der Waals surface area (Å²) in [4.78, 5) is 21.0. The van der Waals surface area contributed by atoms with Gasteiger partial charge in [0.15, 0.2) is 6.61 Å². The first kappa shape index (κ1) is 18.1. The molecule has 0 spiro atoms. The van der Waals surface area contributed by atoms with Gasteiger partial charge in [-0.3, -0.25) is 4.79 Å². The molecule has 1 aromatic carbocycles. The van der Waals surface area contributed by atoms with E-state index < -0.39 is 0 Å². The number of hydrogen-bond acceptors (Lipinski definition) is 6. The lowest BCUT2D eigenvalue weighted by molar-refractivity contribution is 0.0745. The maximum absolute atomic E-state index is 12.7. The highest BCUT2D eigenvalue weighted by atomic mass is 32.1. The number of amides is 1. The summed E-state index contributed by atoms with van der Waals surface area (Å²) in [6.45, 7) is 6.05. The molecule has 2 heterocycles. The van der Waals surface area contributed by atoms with Crippen LogP contribution in [0.3, 0.4) is 0 Å². The average molecular weight is 371 g/mol. The van der Waals surface area contributed by atoms with E-state index in [1.165, 1.54) is 9.75 Å². The molecule has 3 rings (SSSR count). The fraction of sp³-hybridized carbons (Fsp3) is 0.316. The molecule has 3 aromatic rings. The Bertz CT molecular complexity index is 886. The minimum atomic E-state index is -0.0242. The summed E-state index contributed by atoms with van der Waals surface area (Å²) in [6, 6.07) is 11.3. The topological polar surface area (TPSA) is 68.5 Å². The van der Waals surface area contributed by atoms with Gasteiger partial charge >= 0.3 is 0 Å². The van der Waals surface area contributed by atoms with Crippen LogP contribution in [0.1, 0.15) is 44.8 Å². The highest BCUT2D eigenvalue weighted by molar-refractivity contribution is 7.12. The van der Waals surface area contributed by atoms with E-state index in [1.54, 1.807) is 47.4 Å². The molecule has 2 aromatic heterocycles. The van der Waals surface area contributed by atoms with E-state index in [4.69, 9.17) is 9.26 Å². The van der Waals surface area contributed by atoms with Crippen molar-refractivity contribution in [1.82, 2.24) is 15.0 Å². The molecule has 0 aliphatic carbocycles. The molecular weight excluding hydrogens is 350 g/mol. The summed E-state index contributed by atoms with van der Waals surface area (Å²) in [7, 11) is 1.82. The van der Waals surface area contributed by atoms with Crippen LogP contribution >= 0.6 is 11.3 Å². The lowest BCUT2D eigenvalue weighted by atomic mass is 10.1. The van der Waals surface area contributed by atoms with Crippen molar-refractivity contribution in [2.24, 2.45) is 0 Å². The van der Waals surface area contributed by atoms with Crippen molar-refractivity contribution in [1.29, 1.82) is 0 Å². The molecule has 0 saturated heterocycles. The maximum Gasteiger partial charge on any atom is 0.254 e. The lowest BCUT2D eigenvalue weighted by Crippen LogP contribution is -2.29. The standard InChI is InChI=1S/C19H21N3O3S/c1-12-5-10-17(26-12)13(2)22(4)19(23)15-6-8-16(9-7-15)24-11-18-20-14(3)25-21-18/h5-10,13H,11H2,1-4H3/t13-/m0/s1. The van der Waals surface area contributed by atoms with Crippen molar-refractivity contribution in [3.8, 4) is 5.75 Å². The first-order valence-electron chi connectivity index (χ1n) is 8.29. The second-order valence-electron chi connectivity index (χ2n) is 6.08. The predicted octanol–water partition coefficient (Wildman–Crippen LogP) is 4.16. The maximum atomic E-state index is 12.7. The van der Waals surface area contributed by atoms with E-state index in [2.05, 4.69) is 29.2 Å². The Morgan fingerprint density at radius 2 is 1.96 bits per heavy atom. The van der Waals surface area contributed by atoms with Gasteiger partial charge in [-0.2, -0.15) is 4.98 Å². The normalized spacial score (nSPS) is 12.0. The van der Waals surface area contributed by atoms with E-state index in [1.807, 2.05) is 14.0 Å². The van der Waals surface area contributed by atoms with Gasteiger partial charge in [0.05, 0.1) is 6.04 Å². The van der Waals surface area contributed by atoms with Crippen LogP contribution in [-0.2, 0) is 6.61 Å². The molecule has 0 bridgehead atoms. The Balaban J connectivity index is 1.62. The van der Waals surface area contributed by atoms with Gasteiger partial charge in [-0.25, -0.2) is 0 Å². The van der Waals surface area contributed by atoms with Crippen LogP contribution in [0, 0.1) is 13.8 Å². The van der Waals surface area contributed by atoms with Gasteiger partial charge in [0, 0.05) is 29.3 Å². The van der Waals surface area contributed by atoms with Gasteiger partial charge < -0.3 is 14.2 Å². The van der Waals surface area contributed by atoms with Crippen LogP contribution in [-0.4, -0.2) is 28.0 Å². The summed E-state index contributed by atoms with van der Waals surface area (Å²) in [6.07, 6.45) is 0. The third kappa shape index (κ3) is 4.11. The second-order valence-corrected chi connectivity index (χ2v) is 7.40. The molecular formula is C19H21N3O3S. The van der Waals surface area contributed by atoms with Crippen molar-refractivity contribution in [3.05, 3.63) is 63.4 Å². The molecule has 0 aliphatic heterocycles. The van der Waals surface area contributed by atoms with Crippen LogP contribution in [0.5, 0.6) is 5.75 Å². The lowest BCUT2D eigenvalue weighted by Gasteiger charge is -2.24. The number of rotatable bonds is 6. The third-order valence-electron chi connectivity index (χ3n) is 4.11. The second kappa shape index (κ2) is 7.70. The van der Waals surface area contributed by atoms with Gasteiger partial charge in [0.25, 0.3) is 5.91 Å². The number of nitrogens with zero attached hydrogens (tertiary/aromatic N) is 3. The third-order valence-corrected chi connectivity index (χ3v) is 5.28. The number of hydrogen-bond donors (Lipinski definition) is 0. The van der Waals surface area contributed by atoms with Crippen LogP contribution in [0.15, 0.2) is 40.9 Å². The zero-order valence-electron chi connectivity index (χ0n) is 15.2. The zero-order chi connectivity index (χ0) is 18.7. The highest BCUT2D eigenvalue weighted by Crippen LogP contribution is 2.27. The summed E-state index contributed by atoms with van der Waals surface area (Å²) >= 11 is 1.71. The quantitative estimate of drug-likeness (QED) is 0.651. The smallest absolute Gasteiger partial charge is 0.254 e. The van der Waals surface area contributed by atoms with E-state index in [0.29, 0.717) is 23.0 Å². The molecule has 0 radical (unpaired) electrons. The first-order chi connectivity index (χ1) is 12.4. The number of ether oxygens (including phenoxy) is 1. The summed E-state index contributed by atoms with van der Waals surface area (Å²) in [5.74, 6) is 1.61. The van der Waals surface area contributed by atoms with Crippen LogP contribution in [0.4, 0.5) is 0 Å². The van der Waals surface area contributed by atoms with E-state index in [0.717, 1.165) is 0 Å². The first-order valence-corrected chi connectivity index (χ1v) is 9.11. The predicted molar refractivity (Wildman–Crippen MR) is 99.4 cm³/mol. The van der Waals surface area contributed by atoms with E-state index >= 15 is 0 Å². The molecule has 6 nitrogen and oxygen atoms in total. The van der Waals surface area contributed by atoms with Gasteiger partial charge in [-0.15, -0.1) is 11.3 Å². The van der Waals surface area contributed by atoms with Crippen LogP contribution in [0.25, 0.3) is 0 Å². The largest absolute Gasteiger partial charge is 0.485 e. The number of aryl methyl sites for hydroxylation is 2. The van der Waals surface area contributed by atoms with Crippen LogP contribution in [0.2, 0.25) is 0 Å². The van der Waals surface area contributed by atoms with Crippen molar-refractivity contribution in [2.45, 2.75) is 33.4 Å². The van der Waals surface area contributed by atoms with E-state index in [9.17, 15) is 4.79 Å². The molecule has 0 aliphatic rings. The van der Waals surface area contributed by atoms with E-state index in [-0.39, 0.29) is 18.6 Å². The molecule has 1 atom stereocenters. The molecule has 0 N–H and O–H groups in total. The number of thiophene rings is 1. The Morgan fingerprint density at radius 3 is 2.54 bits per heavy atom. The van der Waals surface area contributed by atoms with Gasteiger partial charge in [-0.05, 0) is 50.2 Å². The summed E-state index contributed by atoms with van der Waals surface area (Å²) in [5, 5.41) is 3.78. The van der Waals surface area contributed by atoms with Gasteiger partial charge in [0.1, 0.15) is 5.75 Å². The van der Waals surface area contributed by atoms with Gasteiger partial charge in [0.2, 0.25) is 11.7 Å². The van der Waals surface area contributed by atoms with Crippen molar-refractivity contribution >= 4 is 17.2 Å². The zero-order valence-corrected chi connectivity index (χ0v) is 16.0. The number of carbonyl (C=O) groups is 1. The van der Waals surface area contributed by atoms with Crippen molar-refractivity contribution in [2.75, 3.05) is 7.05 Å². The molecule has 136 valence electrons. The van der Waals surface area contributed by atoms with Crippen molar-refractivity contribution in [3.63, 3.8) is 0 Å². The Hall–Kier alpha value is -2.67. The molecule has 0 unspecified atom stereocenters. The molecule has 0 saturated carbocycles. The average Bonchev–Trinajstić information content (AvgIpc) is 3.26. The fourth-order valence-corrected chi connectivity index (χ4v) is 3.46.